The van der Waals surface area contributed by atoms with Gasteiger partial charge in [-0.15, -0.1) is 11.6 Å². The first-order chi connectivity index (χ1) is 10.7. The molecule has 134 valence electrons. The van der Waals surface area contributed by atoms with E-state index in [1.165, 1.54) is 12.1 Å². The molecule has 1 N–H and O–H groups in total. The number of rotatable bonds is 5. The molecule has 1 aliphatic rings. The first kappa shape index (κ1) is 19.1. The maximum atomic E-state index is 15.6. The van der Waals surface area contributed by atoms with E-state index in [4.69, 9.17) is 16.4 Å². The van der Waals surface area contributed by atoms with Crippen LogP contribution in [0.15, 0.2) is 30.3 Å². The number of benzene rings is 1. The number of alkyl halides is 2. The van der Waals surface area contributed by atoms with E-state index in [9.17, 15) is 13.2 Å². The molecule has 1 saturated carbocycles. The third-order valence-corrected chi connectivity index (χ3v) is 8.07. The Bertz CT molecular complexity index is 750. The number of hydrogen-bond donors (Lipinski definition) is 1. The summed E-state index contributed by atoms with van der Waals surface area (Å²) in [5.74, 6) is -0.766. The van der Waals surface area contributed by atoms with Crippen molar-refractivity contribution < 1.29 is 22.4 Å². The van der Waals surface area contributed by atoms with Crippen molar-refractivity contribution in [3.05, 3.63) is 35.9 Å². The van der Waals surface area contributed by atoms with Crippen molar-refractivity contribution in [2.24, 2.45) is 10.8 Å². The zero-order valence-corrected chi connectivity index (χ0v) is 15.8. The molecule has 0 aromatic heterocycles. The Balaban J connectivity index is 2.34. The molecule has 1 unspecified atom stereocenters. The van der Waals surface area contributed by atoms with Crippen LogP contribution in [0.4, 0.5) is 4.39 Å². The van der Waals surface area contributed by atoms with E-state index in [0.717, 1.165) is 0 Å². The van der Waals surface area contributed by atoms with E-state index in [-0.39, 0.29) is 5.56 Å². The summed E-state index contributed by atoms with van der Waals surface area (Å²) in [6.07, 6.45) is 0.691. The number of carbonyl (C=O) groups excluding carboxylic acids is 1. The highest BCUT2D eigenvalue weighted by Crippen LogP contribution is 2.80. The average molecular weight is 378 g/mol. The van der Waals surface area contributed by atoms with Gasteiger partial charge in [-0.3, -0.25) is 4.79 Å². The van der Waals surface area contributed by atoms with Crippen LogP contribution in [0, 0.1) is 10.8 Å². The monoisotopic (exact) mass is 377 g/mol. The van der Waals surface area contributed by atoms with Gasteiger partial charge < -0.3 is 0 Å². The van der Waals surface area contributed by atoms with Gasteiger partial charge in [0.2, 0.25) is 9.84 Å². The highest BCUT2D eigenvalue weighted by molar-refractivity contribution is 7.91. The molecule has 24 heavy (non-hydrogen) atoms. The summed E-state index contributed by atoms with van der Waals surface area (Å²) < 4.78 is 39.8. The van der Waals surface area contributed by atoms with E-state index in [1.54, 1.807) is 45.9 Å². The van der Waals surface area contributed by atoms with Crippen molar-refractivity contribution in [2.75, 3.05) is 6.26 Å². The van der Waals surface area contributed by atoms with Crippen LogP contribution in [0.1, 0.15) is 38.1 Å². The lowest BCUT2D eigenvalue weighted by atomic mass is 10.0. The standard InChI is InChI=1S/C16H21ClFNO4S/c1-13(2)14(3,4)15(13,17)16(18,24(5,21)22)23-19-12(20)11-9-7-6-8-10-11/h6-10H,1-5H3,(H,19,20). The smallest absolute Gasteiger partial charge is 0.267 e. The van der Waals surface area contributed by atoms with Crippen molar-refractivity contribution in [1.82, 2.24) is 5.48 Å². The predicted octanol–water partition coefficient (Wildman–Crippen LogP) is 3.06. The molecule has 1 amide bonds. The summed E-state index contributed by atoms with van der Waals surface area (Å²) in [7, 11) is -4.42. The largest absolute Gasteiger partial charge is 0.350 e. The molecule has 8 heteroatoms. The molecule has 1 aliphatic carbocycles. The Kier molecular flexibility index (Phi) is 4.31. The van der Waals surface area contributed by atoms with Gasteiger partial charge in [0, 0.05) is 11.8 Å². The third-order valence-electron chi connectivity index (χ3n) is 5.42. The fraction of sp³-hybridized carbons (Fsp3) is 0.562. The molecule has 0 heterocycles. The van der Waals surface area contributed by atoms with Crippen LogP contribution < -0.4 is 5.48 Å². The van der Waals surface area contributed by atoms with Gasteiger partial charge in [0.1, 0.15) is 4.87 Å². The Labute approximate surface area is 146 Å². The molecule has 2 rings (SSSR count). The third kappa shape index (κ3) is 2.29. The van der Waals surface area contributed by atoms with E-state index < -0.39 is 36.6 Å². The van der Waals surface area contributed by atoms with Gasteiger partial charge in [-0.1, -0.05) is 45.9 Å². The van der Waals surface area contributed by atoms with E-state index in [1.807, 2.05) is 5.48 Å². The summed E-state index contributed by atoms with van der Waals surface area (Å²) in [4.78, 5) is 15.0. The van der Waals surface area contributed by atoms with Crippen LogP contribution in [0.5, 0.6) is 0 Å². The van der Waals surface area contributed by atoms with Crippen molar-refractivity contribution in [1.29, 1.82) is 0 Å². The van der Waals surface area contributed by atoms with Crippen LogP contribution in [0.2, 0.25) is 0 Å². The summed E-state index contributed by atoms with van der Waals surface area (Å²) in [6.45, 7) is 6.62. The lowest BCUT2D eigenvalue weighted by molar-refractivity contribution is -0.131. The Morgan fingerprint density at radius 2 is 1.62 bits per heavy atom. The highest BCUT2D eigenvalue weighted by Gasteiger charge is 2.89. The van der Waals surface area contributed by atoms with Crippen LogP contribution in [-0.4, -0.2) is 30.6 Å². The Morgan fingerprint density at radius 1 is 1.17 bits per heavy atom. The van der Waals surface area contributed by atoms with Gasteiger partial charge in [0.15, 0.2) is 0 Å². The van der Waals surface area contributed by atoms with Gasteiger partial charge in [-0.2, -0.15) is 4.39 Å². The molecule has 0 spiro atoms. The average Bonchev–Trinajstić information content (AvgIpc) is 2.82. The molecule has 1 aromatic rings. The Hall–Kier alpha value is -1.18. The number of amides is 1. The first-order valence-corrected chi connectivity index (χ1v) is 9.62. The molecule has 5 nitrogen and oxygen atoms in total. The summed E-state index contributed by atoms with van der Waals surface area (Å²) in [5.41, 5.74) is 0.335. The minimum Gasteiger partial charge on any atom is -0.267 e. The van der Waals surface area contributed by atoms with Crippen molar-refractivity contribution >= 4 is 27.3 Å². The number of hydroxylamine groups is 1. The minimum absolute atomic E-state index is 0.200. The lowest BCUT2D eigenvalue weighted by Gasteiger charge is -2.31. The van der Waals surface area contributed by atoms with Gasteiger partial charge in [0.25, 0.3) is 5.91 Å². The molecule has 0 aliphatic heterocycles. The van der Waals surface area contributed by atoms with Gasteiger partial charge in [-0.25, -0.2) is 18.7 Å². The van der Waals surface area contributed by atoms with Crippen LogP contribution in [-0.2, 0) is 14.7 Å². The maximum absolute atomic E-state index is 15.6. The van der Waals surface area contributed by atoms with Crippen molar-refractivity contribution in [3.8, 4) is 0 Å². The zero-order chi connectivity index (χ0) is 18.6. The number of sulfone groups is 1. The maximum Gasteiger partial charge on any atom is 0.350 e. The summed E-state index contributed by atoms with van der Waals surface area (Å²) >= 11 is 6.42. The van der Waals surface area contributed by atoms with Crippen LogP contribution in [0.25, 0.3) is 0 Å². The molecule has 1 atom stereocenters. The number of hydrogen-bond acceptors (Lipinski definition) is 4. The van der Waals surface area contributed by atoms with Crippen molar-refractivity contribution in [3.63, 3.8) is 0 Å². The first-order valence-electron chi connectivity index (χ1n) is 7.35. The fourth-order valence-electron chi connectivity index (χ4n) is 3.15. The summed E-state index contributed by atoms with van der Waals surface area (Å²) in [6, 6.07) is 7.91. The molecule has 1 fully saturated rings. The van der Waals surface area contributed by atoms with Gasteiger partial charge in [-0.05, 0) is 23.0 Å². The summed E-state index contributed by atoms with van der Waals surface area (Å²) in [5, 5.41) is -3.28. The quantitative estimate of drug-likeness (QED) is 0.632. The van der Waals surface area contributed by atoms with Gasteiger partial charge >= 0.3 is 5.19 Å². The molecule has 0 radical (unpaired) electrons. The number of nitrogens with one attached hydrogen (secondary N) is 1. The van der Waals surface area contributed by atoms with Crippen LogP contribution in [0.3, 0.4) is 0 Å². The van der Waals surface area contributed by atoms with E-state index in [2.05, 4.69) is 0 Å². The second kappa shape index (κ2) is 5.41. The highest BCUT2D eigenvalue weighted by atomic mass is 35.5. The number of halogens is 2. The molecule has 1 aromatic carbocycles. The van der Waals surface area contributed by atoms with Crippen molar-refractivity contribution in [2.45, 2.75) is 37.8 Å². The predicted molar refractivity (Wildman–Crippen MR) is 89.8 cm³/mol. The fourth-order valence-corrected chi connectivity index (χ4v) is 5.25. The molecule has 0 bridgehead atoms. The molecular weight excluding hydrogens is 357 g/mol. The van der Waals surface area contributed by atoms with E-state index >= 15 is 4.39 Å². The molecule has 0 saturated heterocycles. The minimum atomic E-state index is -4.42. The topological polar surface area (TPSA) is 72.5 Å². The molecular formula is C16H21ClFNO4S. The Morgan fingerprint density at radius 3 is 2.00 bits per heavy atom. The van der Waals surface area contributed by atoms with Crippen LogP contribution >= 0.6 is 11.6 Å². The second-order valence-electron chi connectivity index (χ2n) is 7.12. The number of carbonyl (C=O) groups is 1. The lowest BCUT2D eigenvalue weighted by Crippen LogP contribution is -2.53. The van der Waals surface area contributed by atoms with Gasteiger partial charge in [0.05, 0.1) is 0 Å². The SMILES string of the molecule is CC1(C)C(C)(C)C1(Cl)C(F)(ONC(=O)c1ccccc1)S(C)(=O)=O. The normalized spacial score (nSPS) is 23.1. The second-order valence-corrected chi connectivity index (χ2v) is 9.75. The van der Waals surface area contributed by atoms with E-state index in [0.29, 0.717) is 6.26 Å². The zero-order valence-electron chi connectivity index (χ0n) is 14.2.